The van der Waals surface area contributed by atoms with Crippen molar-refractivity contribution in [2.24, 2.45) is 0 Å². The number of hydrazine groups is 1. The first-order valence-electron chi connectivity index (χ1n) is 8.33. The maximum absolute atomic E-state index is 11.9. The molecule has 1 aliphatic rings. The highest BCUT2D eigenvalue weighted by molar-refractivity contribution is 7.14. The average Bonchev–Trinajstić information content (AvgIpc) is 3.11. The summed E-state index contributed by atoms with van der Waals surface area (Å²) in [5.74, 6) is -0.453. The van der Waals surface area contributed by atoms with Crippen LogP contribution in [0.3, 0.4) is 0 Å². The second kappa shape index (κ2) is 9.39. The summed E-state index contributed by atoms with van der Waals surface area (Å²) in [6, 6.07) is 9.75. The summed E-state index contributed by atoms with van der Waals surface area (Å²) in [5, 5.41) is 5.13. The molecule has 9 heteroatoms. The zero-order valence-corrected chi connectivity index (χ0v) is 15.1. The van der Waals surface area contributed by atoms with Crippen LogP contribution in [0.4, 0.5) is 5.13 Å². The van der Waals surface area contributed by atoms with Crippen LogP contribution in [0.25, 0.3) is 11.3 Å². The lowest BCUT2D eigenvalue weighted by molar-refractivity contribution is -0.124. The van der Waals surface area contributed by atoms with Gasteiger partial charge in [0.2, 0.25) is 11.8 Å². The number of aromatic nitrogens is 1. The molecule has 1 aliphatic heterocycles. The Bertz CT molecular complexity index is 731. The Balaban J connectivity index is 1.38. The number of ether oxygens (including phenoxy) is 1. The maximum atomic E-state index is 11.9. The lowest BCUT2D eigenvalue weighted by Gasteiger charge is -2.25. The summed E-state index contributed by atoms with van der Waals surface area (Å²) < 4.78 is 5.23. The number of nitrogens with zero attached hydrogens (tertiary/aromatic N) is 2. The van der Waals surface area contributed by atoms with E-state index in [1.165, 1.54) is 11.3 Å². The molecular weight excluding hydrogens is 354 g/mol. The molecule has 0 aliphatic carbocycles. The molecule has 1 aromatic carbocycles. The van der Waals surface area contributed by atoms with Gasteiger partial charge in [-0.25, -0.2) is 10.4 Å². The van der Waals surface area contributed by atoms with Crippen LogP contribution in [0.5, 0.6) is 0 Å². The van der Waals surface area contributed by atoms with Gasteiger partial charge in [0, 0.05) is 24.0 Å². The van der Waals surface area contributed by atoms with Gasteiger partial charge >= 0.3 is 0 Å². The minimum atomic E-state index is -0.273. The molecule has 2 amide bonds. The van der Waals surface area contributed by atoms with Gasteiger partial charge in [0.15, 0.2) is 5.13 Å². The van der Waals surface area contributed by atoms with Gasteiger partial charge in [0.05, 0.1) is 32.0 Å². The fraction of sp³-hybridized carbons (Fsp3) is 0.353. The van der Waals surface area contributed by atoms with Crippen LogP contribution in [0.2, 0.25) is 0 Å². The van der Waals surface area contributed by atoms with Gasteiger partial charge in [-0.2, -0.15) is 0 Å². The van der Waals surface area contributed by atoms with Crippen LogP contribution >= 0.6 is 11.3 Å². The van der Waals surface area contributed by atoms with E-state index < -0.39 is 0 Å². The normalized spacial score (nSPS) is 14.8. The monoisotopic (exact) mass is 375 g/mol. The first kappa shape index (κ1) is 18.5. The highest BCUT2D eigenvalue weighted by Gasteiger charge is 2.14. The van der Waals surface area contributed by atoms with Gasteiger partial charge in [-0.3, -0.25) is 19.9 Å². The predicted molar refractivity (Wildman–Crippen MR) is 99.6 cm³/mol. The van der Waals surface area contributed by atoms with E-state index in [1.807, 2.05) is 40.6 Å². The number of amides is 2. The maximum Gasteiger partial charge on any atom is 0.248 e. The number of carbonyl (C=O) groups is 2. The van der Waals surface area contributed by atoms with Crippen molar-refractivity contribution in [1.82, 2.24) is 20.7 Å². The van der Waals surface area contributed by atoms with Crippen molar-refractivity contribution in [3.05, 3.63) is 35.7 Å². The van der Waals surface area contributed by atoms with Gasteiger partial charge in [-0.05, 0) is 0 Å². The van der Waals surface area contributed by atoms with E-state index in [1.54, 1.807) is 0 Å². The van der Waals surface area contributed by atoms with Crippen molar-refractivity contribution >= 4 is 28.3 Å². The number of carbonyl (C=O) groups excluding carboxylic acids is 2. The first-order valence-corrected chi connectivity index (χ1v) is 9.21. The molecule has 1 saturated heterocycles. The molecule has 3 rings (SSSR count). The summed E-state index contributed by atoms with van der Waals surface area (Å²) in [6.07, 6.45) is 0. The Morgan fingerprint density at radius 3 is 2.69 bits per heavy atom. The van der Waals surface area contributed by atoms with Crippen molar-refractivity contribution in [2.45, 2.75) is 0 Å². The van der Waals surface area contributed by atoms with E-state index in [0.29, 0.717) is 18.3 Å². The number of hydrogen-bond acceptors (Lipinski definition) is 7. The molecule has 0 saturated carbocycles. The summed E-state index contributed by atoms with van der Waals surface area (Å²) in [5.41, 5.74) is 6.98. The summed E-state index contributed by atoms with van der Waals surface area (Å²) in [7, 11) is 0. The fourth-order valence-corrected chi connectivity index (χ4v) is 3.20. The van der Waals surface area contributed by atoms with E-state index in [9.17, 15) is 9.59 Å². The molecule has 1 fully saturated rings. The minimum absolute atomic E-state index is 0.0326. The van der Waals surface area contributed by atoms with E-state index >= 15 is 0 Å². The molecule has 138 valence electrons. The van der Waals surface area contributed by atoms with Crippen LogP contribution in [0.1, 0.15) is 0 Å². The summed E-state index contributed by atoms with van der Waals surface area (Å²) in [4.78, 5) is 30.2. The molecule has 2 heterocycles. The van der Waals surface area contributed by atoms with Crippen LogP contribution in [-0.2, 0) is 14.3 Å². The SMILES string of the molecule is O=C(CN1CCOCC1)NNCC(=O)Nc1nc(-c2ccccc2)cs1. The van der Waals surface area contributed by atoms with E-state index in [-0.39, 0.29) is 24.9 Å². The highest BCUT2D eigenvalue weighted by atomic mass is 32.1. The zero-order valence-electron chi connectivity index (χ0n) is 14.2. The third-order valence-electron chi connectivity index (χ3n) is 3.77. The Hall–Kier alpha value is -2.33. The average molecular weight is 375 g/mol. The topological polar surface area (TPSA) is 95.6 Å². The molecule has 0 unspecified atom stereocenters. The van der Waals surface area contributed by atoms with Gasteiger partial charge in [0.25, 0.3) is 0 Å². The zero-order chi connectivity index (χ0) is 18.2. The molecule has 1 aromatic heterocycles. The highest BCUT2D eigenvalue weighted by Crippen LogP contribution is 2.24. The van der Waals surface area contributed by atoms with Crippen LogP contribution in [0.15, 0.2) is 35.7 Å². The molecule has 0 atom stereocenters. The number of morpholine rings is 1. The Kier molecular flexibility index (Phi) is 6.67. The molecule has 8 nitrogen and oxygen atoms in total. The van der Waals surface area contributed by atoms with Crippen molar-refractivity contribution < 1.29 is 14.3 Å². The molecular formula is C17H21N5O3S. The quantitative estimate of drug-likeness (QED) is 0.617. The molecule has 3 N–H and O–H groups in total. The van der Waals surface area contributed by atoms with Crippen LogP contribution in [0, 0.1) is 0 Å². The van der Waals surface area contributed by atoms with E-state index in [2.05, 4.69) is 21.2 Å². The fourth-order valence-electron chi connectivity index (χ4n) is 2.46. The van der Waals surface area contributed by atoms with Gasteiger partial charge in [0.1, 0.15) is 0 Å². The third-order valence-corrected chi connectivity index (χ3v) is 4.53. The van der Waals surface area contributed by atoms with Crippen molar-refractivity contribution in [3.8, 4) is 11.3 Å². The molecule has 0 bridgehead atoms. The number of anilines is 1. The van der Waals surface area contributed by atoms with Gasteiger partial charge in [-0.15, -0.1) is 11.3 Å². The van der Waals surface area contributed by atoms with Crippen molar-refractivity contribution in [1.29, 1.82) is 0 Å². The number of rotatable bonds is 7. The Labute approximate surface area is 155 Å². The first-order chi connectivity index (χ1) is 12.7. The van der Waals surface area contributed by atoms with Crippen molar-refractivity contribution in [3.63, 3.8) is 0 Å². The molecule has 0 radical (unpaired) electrons. The molecule has 2 aromatic rings. The predicted octanol–water partition coefficient (Wildman–Crippen LogP) is 0.702. The lowest BCUT2D eigenvalue weighted by atomic mass is 10.2. The van der Waals surface area contributed by atoms with Crippen LogP contribution in [-0.4, -0.2) is 61.1 Å². The lowest BCUT2D eigenvalue weighted by Crippen LogP contribution is -2.48. The summed E-state index contributed by atoms with van der Waals surface area (Å²) >= 11 is 1.36. The number of thiazole rings is 1. The van der Waals surface area contributed by atoms with Gasteiger partial charge in [-0.1, -0.05) is 30.3 Å². The smallest absolute Gasteiger partial charge is 0.248 e. The Morgan fingerprint density at radius 2 is 1.92 bits per heavy atom. The Morgan fingerprint density at radius 1 is 1.15 bits per heavy atom. The summed E-state index contributed by atoms with van der Waals surface area (Å²) in [6.45, 7) is 3.01. The largest absolute Gasteiger partial charge is 0.379 e. The van der Waals surface area contributed by atoms with E-state index in [4.69, 9.17) is 4.74 Å². The van der Waals surface area contributed by atoms with Crippen LogP contribution < -0.4 is 16.2 Å². The number of hydrogen-bond donors (Lipinski definition) is 3. The second-order valence-electron chi connectivity index (χ2n) is 5.74. The molecule has 0 spiro atoms. The number of nitrogens with one attached hydrogen (secondary N) is 3. The molecule has 26 heavy (non-hydrogen) atoms. The third kappa shape index (κ3) is 5.60. The second-order valence-corrected chi connectivity index (χ2v) is 6.60. The van der Waals surface area contributed by atoms with Gasteiger partial charge < -0.3 is 10.1 Å². The standard InChI is InChI=1S/C17H21N5O3S/c23-15(10-18-21-16(24)11-22-6-8-25-9-7-22)20-17-19-14(12-26-17)13-4-2-1-3-5-13/h1-5,12,18H,6-11H2,(H,21,24)(H,19,20,23). The van der Waals surface area contributed by atoms with E-state index in [0.717, 1.165) is 24.3 Å². The minimum Gasteiger partial charge on any atom is -0.379 e. The number of benzene rings is 1. The van der Waals surface area contributed by atoms with Crippen molar-refractivity contribution in [2.75, 3.05) is 44.7 Å².